The Morgan fingerprint density at radius 3 is 2.22 bits per heavy atom. The number of hydrogen-bond donors (Lipinski definition) is 1. The Hall–Kier alpha value is -1.74. The minimum absolute atomic E-state index is 0.777. The van der Waals surface area contributed by atoms with Crippen molar-refractivity contribution in [3.8, 4) is 0 Å². The van der Waals surface area contributed by atoms with E-state index in [0.29, 0.717) is 0 Å². The molecule has 0 aliphatic rings. The van der Waals surface area contributed by atoms with Gasteiger partial charge in [0.15, 0.2) is 0 Å². The molecule has 3 rings (SSSR count). The molecule has 0 aliphatic heterocycles. The van der Waals surface area contributed by atoms with Gasteiger partial charge in [-0.05, 0) is 40.0 Å². The summed E-state index contributed by atoms with van der Waals surface area (Å²) in [5, 5.41) is 5.51. The first-order valence-corrected chi connectivity index (χ1v) is 6.18. The smallest absolute Gasteiger partial charge is 0.139 e. The van der Waals surface area contributed by atoms with Crippen LogP contribution in [0.5, 0.6) is 0 Å². The molecule has 1 N–H and O–H groups in total. The predicted molar refractivity (Wildman–Crippen MR) is 73.0 cm³/mol. The Bertz CT molecular complexity index is 676. The second-order valence-electron chi connectivity index (χ2n) is 4.83. The normalized spacial score (nSPS) is 11.8. The molecule has 0 bridgehead atoms. The molecular weight excluding hydrogens is 226 g/mol. The molecule has 94 valence electrons. The molecule has 0 radical (unpaired) electrons. The van der Waals surface area contributed by atoms with Crippen molar-refractivity contribution >= 4 is 21.9 Å². The van der Waals surface area contributed by atoms with Gasteiger partial charge in [0, 0.05) is 28.4 Å². The fraction of sp³-hybridized carbons (Fsp3) is 0.333. The minimum Gasteiger partial charge on any atom is -0.461 e. The van der Waals surface area contributed by atoms with Crippen LogP contribution in [0, 0.1) is 20.8 Å². The highest BCUT2D eigenvalue weighted by Crippen LogP contribution is 2.36. The fourth-order valence-electron chi connectivity index (χ4n) is 2.63. The van der Waals surface area contributed by atoms with Gasteiger partial charge in [0.2, 0.25) is 0 Å². The zero-order chi connectivity index (χ0) is 12.9. The lowest BCUT2D eigenvalue weighted by Gasteiger charge is -2.05. The molecule has 3 aromatic rings. The van der Waals surface area contributed by atoms with Crippen molar-refractivity contribution in [3.05, 3.63) is 34.8 Å². The van der Waals surface area contributed by atoms with Crippen LogP contribution in [0.1, 0.15) is 22.6 Å². The number of fused-ring (bicyclic) bond motifs is 2. The van der Waals surface area contributed by atoms with Crippen LogP contribution in [0.25, 0.3) is 21.9 Å². The average Bonchev–Trinajstić information content (AvgIpc) is 2.88. The van der Waals surface area contributed by atoms with Crippen LogP contribution >= 0.6 is 0 Å². The van der Waals surface area contributed by atoms with E-state index in [1.165, 1.54) is 5.56 Å². The average molecular weight is 243 g/mol. The van der Waals surface area contributed by atoms with Gasteiger partial charge in [-0.2, -0.15) is 0 Å². The Morgan fingerprint density at radius 2 is 1.56 bits per heavy atom. The van der Waals surface area contributed by atoms with Crippen molar-refractivity contribution in [2.75, 3.05) is 7.05 Å². The predicted octanol–water partition coefficient (Wildman–Crippen LogP) is 3.82. The van der Waals surface area contributed by atoms with E-state index < -0.39 is 0 Å². The van der Waals surface area contributed by atoms with Crippen LogP contribution in [0.3, 0.4) is 0 Å². The van der Waals surface area contributed by atoms with Gasteiger partial charge in [0.25, 0.3) is 0 Å². The second kappa shape index (κ2) is 3.89. The van der Waals surface area contributed by atoms with E-state index in [-0.39, 0.29) is 0 Å². The monoisotopic (exact) mass is 243 g/mol. The third-order valence-electron chi connectivity index (χ3n) is 3.41. The maximum atomic E-state index is 5.87. The van der Waals surface area contributed by atoms with Gasteiger partial charge in [0.1, 0.15) is 22.7 Å². The summed E-state index contributed by atoms with van der Waals surface area (Å²) < 4.78 is 11.7. The topological polar surface area (TPSA) is 38.3 Å². The number of aryl methyl sites for hydroxylation is 3. The summed E-state index contributed by atoms with van der Waals surface area (Å²) in [4.78, 5) is 0. The number of furan rings is 2. The number of benzene rings is 1. The highest BCUT2D eigenvalue weighted by Gasteiger charge is 2.17. The summed E-state index contributed by atoms with van der Waals surface area (Å²) in [5.74, 6) is 1.88. The molecule has 2 heterocycles. The van der Waals surface area contributed by atoms with E-state index in [2.05, 4.69) is 24.4 Å². The van der Waals surface area contributed by atoms with E-state index in [0.717, 1.165) is 45.6 Å². The quantitative estimate of drug-likeness (QED) is 0.743. The van der Waals surface area contributed by atoms with Crippen molar-refractivity contribution in [2.45, 2.75) is 27.3 Å². The summed E-state index contributed by atoms with van der Waals surface area (Å²) in [5.41, 5.74) is 4.29. The molecule has 0 spiro atoms. The summed E-state index contributed by atoms with van der Waals surface area (Å²) in [6.45, 7) is 6.83. The maximum Gasteiger partial charge on any atom is 0.139 e. The lowest BCUT2D eigenvalue weighted by molar-refractivity contribution is 0.570. The van der Waals surface area contributed by atoms with E-state index in [1.54, 1.807) is 0 Å². The lowest BCUT2D eigenvalue weighted by atomic mass is 10.0. The highest BCUT2D eigenvalue weighted by molar-refractivity contribution is 6.01. The molecule has 2 aromatic heterocycles. The van der Waals surface area contributed by atoms with E-state index in [4.69, 9.17) is 8.83 Å². The van der Waals surface area contributed by atoms with Crippen molar-refractivity contribution in [1.82, 2.24) is 5.32 Å². The first-order valence-electron chi connectivity index (χ1n) is 6.18. The number of nitrogens with one attached hydrogen (secondary N) is 1. The van der Waals surface area contributed by atoms with E-state index in [9.17, 15) is 0 Å². The molecular formula is C15H17NO2. The van der Waals surface area contributed by atoms with Crippen LogP contribution < -0.4 is 5.32 Å². The second-order valence-corrected chi connectivity index (χ2v) is 4.83. The molecule has 3 heteroatoms. The Kier molecular flexibility index (Phi) is 2.45. The highest BCUT2D eigenvalue weighted by atomic mass is 16.3. The lowest BCUT2D eigenvalue weighted by Crippen LogP contribution is -2.05. The number of hydrogen-bond acceptors (Lipinski definition) is 3. The Labute approximate surface area is 106 Å². The van der Waals surface area contributed by atoms with Gasteiger partial charge in [-0.15, -0.1) is 0 Å². The molecule has 0 atom stereocenters. The molecule has 18 heavy (non-hydrogen) atoms. The maximum absolute atomic E-state index is 5.87. The van der Waals surface area contributed by atoms with Gasteiger partial charge in [0.05, 0.1) is 0 Å². The largest absolute Gasteiger partial charge is 0.461 e. The van der Waals surface area contributed by atoms with Crippen LogP contribution in [0.2, 0.25) is 0 Å². The van der Waals surface area contributed by atoms with Crippen molar-refractivity contribution in [1.29, 1.82) is 0 Å². The summed E-state index contributed by atoms with van der Waals surface area (Å²) in [6, 6.07) is 4.17. The van der Waals surface area contributed by atoms with E-state index >= 15 is 0 Å². The molecule has 3 nitrogen and oxygen atoms in total. The first-order chi connectivity index (χ1) is 8.61. The summed E-state index contributed by atoms with van der Waals surface area (Å²) in [7, 11) is 1.94. The van der Waals surface area contributed by atoms with Crippen LogP contribution in [-0.2, 0) is 6.54 Å². The molecule has 1 aromatic carbocycles. The van der Waals surface area contributed by atoms with Gasteiger partial charge >= 0.3 is 0 Å². The first kappa shape index (κ1) is 11.4. The molecule has 0 saturated carbocycles. The molecule has 0 aliphatic carbocycles. The standard InChI is InChI=1S/C15H17NO2/c1-8-5-11-10(3)14-12(6-9(2)17-14)13(7-16-4)15(11)18-8/h5-6,16H,7H2,1-4H3. The van der Waals surface area contributed by atoms with Crippen LogP contribution in [0.15, 0.2) is 21.0 Å². The summed E-state index contributed by atoms with van der Waals surface area (Å²) >= 11 is 0. The van der Waals surface area contributed by atoms with Crippen molar-refractivity contribution in [3.63, 3.8) is 0 Å². The molecule has 0 amide bonds. The SMILES string of the molecule is CNCc1c2cc(C)oc2c(C)c2cc(C)oc12. The molecule has 0 saturated heterocycles. The van der Waals surface area contributed by atoms with Crippen molar-refractivity contribution in [2.24, 2.45) is 0 Å². The molecule has 0 fully saturated rings. The Balaban J connectivity index is 2.51. The minimum atomic E-state index is 0.777. The van der Waals surface area contributed by atoms with Crippen molar-refractivity contribution < 1.29 is 8.83 Å². The number of rotatable bonds is 2. The zero-order valence-corrected chi connectivity index (χ0v) is 11.2. The summed E-state index contributed by atoms with van der Waals surface area (Å²) in [6.07, 6.45) is 0. The van der Waals surface area contributed by atoms with Crippen LogP contribution in [0.4, 0.5) is 0 Å². The fourth-order valence-corrected chi connectivity index (χ4v) is 2.63. The third kappa shape index (κ3) is 1.47. The third-order valence-corrected chi connectivity index (χ3v) is 3.41. The van der Waals surface area contributed by atoms with Crippen LogP contribution in [-0.4, -0.2) is 7.05 Å². The van der Waals surface area contributed by atoms with E-state index in [1.807, 2.05) is 20.9 Å². The van der Waals surface area contributed by atoms with Gasteiger partial charge in [-0.25, -0.2) is 0 Å². The van der Waals surface area contributed by atoms with Gasteiger partial charge in [-0.1, -0.05) is 0 Å². The molecule has 0 unspecified atom stereocenters. The van der Waals surface area contributed by atoms with Gasteiger partial charge < -0.3 is 14.2 Å². The zero-order valence-electron chi connectivity index (χ0n) is 11.2. The Morgan fingerprint density at radius 1 is 0.944 bits per heavy atom. The van der Waals surface area contributed by atoms with Gasteiger partial charge in [-0.3, -0.25) is 0 Å².